The number of hydrogen-bond donors (Lipinski definition) is 4. The molecule has 0 aliphatic rings. The van der Waals surface area contributed by atoms with Crippen molar-refractivity contribution in [2.45, 2.75) is 0 Å². The molecule has 0 unspecified atom stereocenters. The van der Waals surface area contributed by atoms with Gasteiger partial charge in [0.2, 0.25) is 0 Å². The molecule has 0 saturated heterocycles. The van der Waals surface area contributed by atoms with Crippen LogP contribution in [0.1, 0.15) is 0 Å². The summed E-state index contributed by atoms with van der Waals surface area (Å²) in [5, 5.41) is 40.9. The number of hydrogen-bond acceptors (Lipinski definition) is 7. The molecule has 0 radical (unpaired) electrons. The maximum absolute atomic E-state index is 7.69. The number of aromatic nitrogens is 3. The summed E-state index contributed by atoms with van der Waals surface area (Å²) in [5.74, 6) is 0. The van der Waals surface area contributed by atoms with Gasteiger partial charge in [0.05, 0.1) is 12.4 Å². The lowest BCUT2D eigenvalue weighted by atomic mass is 9.50. The number of rotatable bonds is 1. The fourth-order valence-electron chi connectivity index (χ4n) is 0.205. The molecule has 0 fully saturated rings. The molecule has 1 aromatic heterocycles. The molecule has 0 saturated carbocycles. The molecule has 0 aliphatic carbocycles. The van der Waals surface area contributed by atoms with Crippen LogP contribution in [0.15, 0.2) is 18.5 Å². The standard InChI is InChI=1S/C3H3N3.B2H4O4/c1-2-4-6-5-3-1;3-1(4)2(5)6/h1-3H;3-6H. The van der Waals surface area contributed by atoms with E-state index in [1.807, 2.05) is 0 Å². The second kappa shape index (κ2) is 6.68. The van der Waals surface area contributed by atoms with Gasteiger partial charge in [-0.25, -0.2) is 0 Å². The fourth-order valence-corrected chi connectivity index (χ4v) is 0.205. The first-order chi connectivity index (χ1) is 5.64. The summed E-state index contributed by atoms with van der Waals surface area (Å²) in [7, 11) is -4.07. The molecule has 0 atom stereocenters. The second-order valence-electron chi connectivity index (χ2n) is 1.64. The Morgan fingerprint density at radius 2 is 1.25 bits per heavy atom. The molecular formula is C3H7B2N3O4. The molecule has 0 spiro atoms. The Balaban J connectivity index is 0.000000202. The van der Waals surface area contributed by atoms with Crippen molar-refractivity contribution in [1.82, 2.24) is 15.4 Å². The molecule has 0 bridgehead atoms. The van der Waals surface area contributed by atoms with E-state index in [1.54, 1.807) is 18.5 Å². The van der Waals surface area contributed by atoms with Crippen LogP contribution in [0.5, 0.6) is 0 Å². The monoisotopic (exact) mass is 171 g/mol. The first-order valence-electron chi connectivity index (χ1n) is 2.95. The van der Waals surface area contributed by atoms with Crippen LogP contribution in [0.4, 0.5) is 0 Å². The third kappa shape index (κ3) is 7.09. The predicted molar refractivity (Wildman–Crippen MR) is 40.2 cm³/mol. The first-order valence-corrected chi connectivity index (χ1v) is 2.95. The predicted octanol–water partition coefficient (Wildman–Crippen LogP) is -3.12. The molecule has 7 nitrogen and oxygen atoms in total. The van der Waals surface area contributed by atoms with Gasteiger partial charge in [-0.05, 0) is 11.3 Å². The van der Waals surface area contributed by atoms with Crippen molar-refractivity contribution in [2.24, 2.45) is 0 Å². The molecule has 0 aromatic carbocycles. The number of nitrogens with zero attached hydrogens (tertiary/aromatic N) is 3. The van der Waals surface area contributed by atoms with E-state index < -0.39 is 14.0 Å². The third-order valence-corrected chi connectivity index (χ3v) is 0.675. The van der Waals surface area contributed by atoms with E-state index in [4.69, 9.17) is 20.1 Å². The molecule has 9 heteroatoms. The van der Waals surface area contributed by atoms with Crippen molar-refractivity contribution in [1.29, 1.82) is 0 Å². The van der Waals surface area contributed by atoms with E-state index in [0.717, 1.165) is 0 Å². The average molecular weight is 171 g/mol. The lowest BCUT2D eigenvalue weighted by Gasteiger charge is -1.89. The quantitative estimate of drug-likeness (QED) is 0.329. The van der Waals surface area contributed by atoms with E-state index in [9.17, 15) is 0 Å². The Kier molecular flexibility index (Phi) is 6.11. The molecule has 0 aliphatic heterocycles. The summed E-state index contributed by atoms with van der Waals surface area (Å²) < 4.78 is 0. The summed E-state index contributed by atoms with van der Waals surface area (Å²) >= 11 is 0. The van der Waals surface area contributed by atoms with Crippen LogP contribution in [0, 0.1) is 0 Å². The highest BCUT2D eigenvalue weighted by Gasteiger charge is 2.23. The summed E-state index contributed by atoms with van der Waals surface area (Å²) in [6.45, 7) is 0. The van der Waals surface area contributed by atoms with Crippen LogP contribution in [0.3, 0.4) is 0 Å². The molecule has 1 aromatic rings. The molecule has 1 rings (SSSR count). The van der Waals surface area contributed by atoms with Crippen molar-refractivity contribution < 1.29 is 20.1 Å². The van der Waals surface area contributed by atoms with Crippen LogP contribution in [-0.2, 0) is 0 Å². The van der Waals surface area contributed by atoms with E-state index >= 15 is 0 Å². The zero-order chi connectivity index (χ0) is 9.40. The highest BCUT2D eigenvalue weighted by Crippen LogP contribution is 1.65. The van der Waals surface area contributed by atoms with Crippen LogP contribution < -0.4 is 0 Å². The molecule has 4 N–H and O–H groups in total. The SMILES string of the molecule is OB(O)B(O)O.c1cnnnc1. The lowest BCUT2D eigenvalue weighted by Crippen LogP contribution is -2.35. The van der Waals surface area contributed by atoms with E-state index in [2.05, 4.69) is 15.4 Å². The zero-order valence-electron chi connectivity index (χ0n) is 6.02. The molecular weight excluding hydrogens is 164 g/mol. The Morgan fingerprint density at radius 3 is 1.33 bits per heavy atom. The van der Waals surface area contributed by atoms with Crippen molar-refractivity contribution in [3.05, 3.63) is 18.5 Å². The van der Waals surface area contributed by atoms with Crippen molar-refractivity contribution in [2.75, 3.05) is 0 Å². The maximum atomic E-state index is 7.69. The maximum Gasteiger partial charge on any atom is 0.482 e. The van der Waals surface area contributed by atoms with Crippen molar-refractivity contribution >= 4 is 14.0 Å². The summed E-state index contributed by atoms with van der Waals surface area (Å²) in [4.78, 5) is 0. The van der Waals surface area contributed by atoms with Gasteiger partial charge in [-0.2, -0.15) is 0 Å². The van der Waals surface area contributed by atoms with Gasteiger partial charge < -0.3 is 20.1 Å². The summed E-state index contributed by atoms with van der Waals surface area (Å²) in [6.07, 6.45) is 3.15. The molecule has 1 heterocycles. The first kappa shape index (κ1) is 11.0. The Bertz CT molecular complexity index is 153. The highest BCUT2D eigenvalue weighted by atomic mass is 16.4. The van der Waals surface area contributed by atoms with Crippen LogP contribution in [0.25, 0.3) is 0 Å². The highest BCUT2D eigenvalue weighted by molar-refractivity contribution is 7.07. The minimum Gasteiger partial charge on any atom is -0.429 e. The largest absolute Gasteiger partial charge is 0.482 e. The molecule has 64 valence electrons. The Morgan fingerprint density at radius 1 is 0.833 bits per heavy atom. The van der Waals surface area contributed by atoms with Crippen LogP contribution in [0.2, 0.25) is 0 Å². The minimum atomic E-state index is -2.04. The second-order valence-corrected chi connectivity index (χ2v) is 1.64. The zero-order valence-corrected chi connectivity index (χ0v) is 6.02. The van der Waals surface area contributed by atoms with Crippen LogP contribution in [-0.4, -0.2) is 49.5 Å². The van der Waals surface area contributed by atoms with Gasteiger partial charge in [0.25, 0.3) is 0 Å². The molecule has 0 amide bonds. The topological polar surface area (TPSA) is 120 Å². The van der Waals surface area contributed by atoms with Gasteiger partial charge in [-0.15, -0.1) is 10.2 Å². The summed E-state index contributed by atoms with van der Waals surface area (Å²) in [5.41, 5.74) is 0. The van der Waals surface area contributed by atoms with E-state index in [0.29, 0.717) is 0 Å². The summed E-state index contributed by atoms with van der Waals surface area (Å²) in [6, 6.07) is 1.72. The van der Waals surface area contributed by atoms with Gasteiger partial charge in [-0.1, -0.05) is 0 Å². The third-order valence-electron chi connectivity index (χ3n) is 0.675. The van der Waals surface area contributed by atoms with Gasteiger partial charge in [0.15, 0.2) is 0 Å². The molecule has 12 heavy (non-hydrogen) atoms. The Hall–Kier alpha value is -1.02. The Labute approximate surface area is 69.0 Å². The van der Waals surface area contributed by atoms with E-state index in [-0.39, 0.29) is 0 Å². The lowest BCUT2D eigenvalue weighted by molar-refractivity contribution is 0.368. The van der Waals surface area contributed by atoms with Gasteiger partial charge in [0, 0.05) is 0 Å². The van der Waals surface area contributed by atoms with E-state index in [1.165, 1.54) is 0 Å². The van der Waals surface area contributed by atoms with Crippen LogP contribution >= 0.6 is 0 Å². The smallest absolute Gasteiger partial charge is 0.429 e. The van der Waals surface area contributed by atoms with Gasteiger partial charge >= 0.3 is 14.0 Å². The average Bonchev–Trinajstić information content (AvgIpc) is 2.08. The fraction of sp³-hybridized carbons (Fsp3) is 0. The van der Waals surface area contributed by atoms with Gasteiger partial charge in [-0.3, -0.25) is 0 Å². The van der Waals surface area contributed by atoms with Crippen molar-refractivity contribution in [3.8, 4) is 0 Å². The normalized spacial score (nSPS) is 8.00. The van der Waals surface area contributed by atoms with Gasteiger partial charge in [0.1, 0.15) is 0 Å². The minimum absolute atomic E-state index is 1.58. The van der Waals surface area contributed by atoms with Crippen molar-refractivity contribution in [3.63, 3.8) is 0 Å².